The van der Waals surface area contributed by atoms with E-state index in [2.05, 4.69) is 4.74 Å². The Bertz CT molecular complexity index is 302. The first kappa shape index (κ1) is 20.8. The predicted molar refractivity (Wildman–Crippen MR) is 39.9 cm³/mol. The normalized spacial score (nSPS) is 7.20. The predicted octanol–water partition coefficient (Wildman–Crippen LogP) is 1.51. The van der Waals surface area contributed by atoms with E-state index in [4.69, 9.17) is 5.11 Å². The number of rotatable bonds is 1. The molecule has 0 aliphatic rings. The first-order valence-corrected chi connectivity index (χ1v) is 3.20. The summed E-state index contributed by atoms with van der Waals surface area (Å²) in [6.45, 7) is 0. The van der Waals surface area contributed by atoms with Crippen LogP contribution in [0.4, 0.5) is 4.79 Å². The number of hydrogen-bond acceptors (Lipinski definition) is 3. The van der Waals surface area contributed by atoms with Crippen molar-refractivity contribution in [2.24, 2.45) is 0 Å². The fraction of sp³-hybridized carbons (Fsp3) is 0. The van der Waals surface area contributed by atoms with Crippen molar-refractivity contribution in [3.05, 3.63) is 35.9 Å². The van der Waals surface area contributed by atoms with Gasteiger partial charge in [0.05, 0.1) is 5.56 Å². The van der Waals surface area contributed by atoms with Gasteiger partial charge >= 0.3 is 12.1 Å². The van der Waals surface area contributed by atoms with Gasteiger partial charge in [0, 0.05) is 67.1 Å². The maximum Gasteiger partial charge on any atom is 0.513 e. The largest absolute Gasteiger partial charge is 0.513 e. The van der Waals surface area contributed by atoms with Gasteiger partial charge < -0.3 is 9.84 Å². The van der Waals surface area contributed by atoms with Gasteiger partial charge in [-0.3, -0.25) is 0 Å². The number of hydrogen-bond donors (Lipinski definition) is 1. The van der Waals surface area contributed by atoms with Gasteiger partial charge in [-0.1, -0.05) is 18.2 Å². The van der Waals surface area contributed by atoms with Crippen molar-refractivity contribution < 1.29 is 86.6 Å². The van der Waals surface area contributed by atoms with E-state index in [-0.39, 0.29) is 72.7 Å². The number of ether oxygens (including phenoxy) is 1. The molecule has 0 amide bonds. The Labute approximate surface area is 133 Å². The molecule has 3 radical (unpaired) electrons. The van der Waals surface area contributed by atoms with Crippen molar-refractivity contribution in [3.63, 3.8) is 0 Å². The minimum absolute atomic E-state index is 0. The molecule has 0 aliphatic carbocycles. The van der Waals surface area contributed by atoms with Gasteiger partial charge in [0.1, 0.15) is 0 Å². The van der Waals surface area contributed by atoms with Crippen LogP contribution in [0, 0.1) is 0 Å². The molecule has 95 valence electrons. The van der Waals surface area contributed by atoms with E-state index < -0.39 is 12.1 Å². The molecule has 0 heterocycles. The zero-order valence-corrected chi connectivity index (χ0v) is 11.4. The van der Waals surface area contributed by atoms with Crippen LogP contribution in [-0.2, 0) is 71.9 Å². The summed E-state index contributed by atoms with van der Waals surface area (Å²) in [5, 5.41) is 8.10. The summed E-state index contributed by atoms with van der Waals surface area (Å²) in [7, 11) is 0. The number of esters is 1. The molecular formula is C8H6Ag3O4. The topological polar surface area (TPSA) is 63.6 Å². The van der Waals surface area contributed by atoms with Gasteiger partial charge in [0.15, 0.2) is 0 Å². The molecule has 0 fully saturated rings. The summed E-state index contributed by atoms with van der Waals surface area (Å²) in [5.41, 5.74) is 0.222. The molecule has 4 nitrogen and oxygen atoms in total. The van der Waals surface area contributed by atoms with E-state index >= 15 is 0 Å². The van der Waals surface area contributed by atoms with Gasteiger partial charge in [-0.15, -0.1) is 0 Å². The number of carbonyl (C=O) groups is 2. The third-order valence-corrected chi connectivity index (χ3v) is 1.19. The summed E-state index contributed by atoms with van der Waals surface area (Å²) >= 11 is 0. The summed E-state index contributed by atoms with van der Waals surface area (Å²) in [5.74, 6) is -0.858. The Morgan fingerprint density at radius 3 is 1.87 bits per heavy atom. The summed E-state index contributed by atoms with van der Waals surface area (Å²) in [4.78, 5) is 20.8. The van der Waals surface area contributed by atoms with Crippen molar-refractivity contribution in [2.45, 2.75) is 0 Å². The van der Waals surface area contributed by atoms with Gasteiger partial charge in [0.25, 0.3) is 0 Å². The van der Waals surface area contributed by atoms with Crippen molar-refractivity contribution in [2.75, 3.05) is 0 Å². The average Bonchev–Trinajstić information content (AvgIpc) is 2.05. The van der Waals surface area contributed by atoms with Crippen molar-refractivity contribution >= 4 is 12.1 Å². The second kappa shape index (κ2) is 10.9. The fourth-order valence-electron chi connectivity index (χ4n) is 0.712. The zero-order chi connectivity index (χ0) is 8.97. The molecule has 0 saturated heterocycles. The first-order valence-electron chi connectivity index (χ1n) is 3.20. The molecular weight excluding hydrogens is 484 g/mol. The molecule has 1 aromatic rings. The Kier molecular flexibility index (Phi) is 15.1. The summed E-state index contributed by atoms with van der Waals surface area (Å²) in [6, 6.07) is 7.92. The van der Waals surface area contributed by atoms with E-state index in [9.17, 15) is 9.59 Å². The Balaban J connectivity index is -0.000000480. The van der Waals surface area contributed by atoms with Crippen LogP contribution in [0.15, 0.2) is 30.3 Å². The zero-order valence-electron chi connectivity index (χ0n) is 6.96. The monoisotopic (exact) mass is 487 g/mol. The van der Waals surface area contributed by atoms with Crippen LogP contribution in [0.5, 0.6) is 0 Å². The van der Waals surface area contributed by atoms with Crippen LogP contribution in [0.1, 0.15) is 10.4 Å². The van der Waals surface area contributed by atoms with Crippen molar-refractivity contribution in [1.82, 2.24) is 0 Å². The molecule has 0 aromatic heterocycles. The molecule has 1 N–H and O–H groups in total. The first-order chi connectivity index (χ1) is 5.70. The van der Waals surface area contributed by atoms with E-state index in [1.54, 1.807) is 18.2 Å². The second-order valence-corrected chi connectivity index (χ2v) is 2.02. The third-order valence-electron chi connectivity index (χ3n) is 1.19. The van der Waals surface area contributed by atoms with E-state index in [1.165, 1.54) is 12.1 Å². The summed E-state index contributed by atoms with van der Waals surface area (Å²) in [6.07, 6.45) is -1.59. The van der Waals surface area contributed by atoms with Crippen LogP contribution in [0.2, 0.25) is 0 Å². The maximum atomic E-state index is 10.9. The van der Waals surface area contributed by atoms with Crippen molar-refractivity contribution in [3.8, 4) is 0 Å². The number of benzene rings is 1. The minimum atomic E-state index is -1.59. The fourth-order valence-corrected chi connectivity index (χ4v) is 0.712. The molecule has 7 heteroatoms. The molecule has 0 bridgehead atoms. The van der Waals surface area contributed by atoms with Gasteiger partial charge in [0.2, 0.25) is 0 Å². The van der Waals surface area contributed by atoms with Crippen LogP contribution in [0.3, 0.4) is 0 Å². The second-order valence-electron chi connectivity index (χ2n) is 2.02. The smallest absolute Gasteiger partial charge is 0.449 e. The van der Waals surface area contributed by atoms with Gasteiger partial charge in [-0.25, -0.2) is 9.59 Å². The Hall–Kier alpha value is 0.381. The van der Waals surface area contributed by atoms with Crippen LogP contribution in [0.25, 0.3) is 0 Å². The van der Waals surface area contributed by atoms with E-state index in [0.717, 1.165) is 0 Å². The molecule has 1 rings (SSSR count). The minimum Gasteiger partial charge on any atom is -0.449 e. The Morgan fingerprint density at radius 1 is 1.00 bits per heavy atom. The molecule has 0 atom stereocenters. The van der Waals surface area contributed by atoms with Crippen LogP contribution in [-0.4, -0.2) is 17.2 Å². The third kappa shape index (κ3) is 8.22. The van der Waals surface area contributed by atoms with Crippen molar-refractivity contribution in [1.29, 1.82) is 0 Å². The quantitative estimate of drug-likeness (QED) is 0.369. The van der Waals surface area contributed by atoms with E-state index in [0.29, 0.717) is 0 Å². The van der Waals surface area contributed by atoms with Crippen LogP contribution >= 0.6 is 0 Å². The average molecular weight is 490 g/mol. The SMILES string of the molecule is O=C(O)OC(=O)c1ccccc1.[Ag].[Ag].[Ag]. The standard InChI is InChI=1S/C8H6O4.3Ag/c9-7(12-8(10)11)6-4-2-1-3-5-6;;;/h1-5H,(H,10,11);;;. The molecule has 0 aliphatic heterocycles. The Morgan fingerprint density at radius 2 is 1.47 bits per heavy atom. The number of carbonyl (C=O) groups excluding carboxylic acids is 1. The van der Waals surface area contributed by atoms with Gasteiger partial charge in [-0.05, 0) is 12.1 Å². The molecule has 0 spiro atoms. The number of carboxylic acid groups (broad SMARTS) is 1. The molecule has 0 saturated carbocycles. The van der Waals surface area contributed by atoms with E-state index in [1.807, 2.05) is 0 Å². The van der Waals surface area contributed by atoms with Gasteiger partial charge in [-0.2, -0.15) is 0 Å². The molecule has 0 unspecified atom stereocenters. The molecule has 15 heavy (non-hydrogen) atoms. The molecule has 1 aromatic carbocycles. The maximum absolute atomic E-state index is 10.9. The summed E-state index contributed by atoms with van der Waals surface area (Å²) < 4.78 is 3.91. The van der Waals surface area contributed by atoms with Crippen LogP contribution < -0.4 is 0 Å².